The SMILES string of the molecule is CC1CCCN(S(=O)(=O)NCC(CC(C)(C)C)C(=O)O)C1. The van der Waals surface area contributed by atoms with Crippen molar-refractivity contribution in [3.8, 4) is 0 Å². The number of hydrogen-bond donors (Lipinski definition) is 2. The Morgan fingerprint density at radius 1 is 1.43 bits per heavy atom. The van der Waals surface area contributed by atoms with E-state index in [9.17, 15) is 18.3 Å². The number of hydrogen-bond acceptors (Lipinski definition) is 3. The van der Waals surface area contributed by atoms with E-state index in [1.807, 2.05) is 27.7 Å². The van der Waals surface area contributed by atoms with E-state index in [4.69, 9.17) is 0 Å². The van der Waals surface area contributed by atoms with E-state index >= 15 is 0 Å². The first kappa shape index (κ1) is 18.4. The summed E-state index contributed by atoms with van der Waals surface area (Å²) in [5, 5.41) is 9.24. The van der Waals surface area contributed by atoms with Gasteiger partial charge in [-0.1, -0.05) is 27.7 Å². The van der Waals surface area contributed by atoms with Crippen molar-refractivity contribution in [1.29, 1.82) is 0 Å². The summed E-state index contributed by atoms with van der Waals surface area (Å²) in [6.07, 6.45) is 2.32. The van der Waals surface area contributed by atoms with Crippen LogP contribution in [0.4, 0.5) is 0 Å². The summed E-state index contributed by atoms with van der Waals surface area (Å²) in [5.41, 5.74) is -0.159. The molecule has 0 aromatic rings. The second-order valence-electron chi connectivity index (χ2n) is 7.26. The van der Waals surface area contributed by atoms with Gasteiger partial charge in [-0.05, 0) is 30.6 Å². The summed E-state index contributed by atoms with van der Waals surface area (Å²) in [5.74, 6) is -1.32. The van der Waals surface area contributed by atoms with Gasteiger partial charge in [0.2, 0.25) is 0 Å². The van der Waals surface area contributed by atoms with Crippen LogP contribution in [0.15, 0.2) is 0 Å². The second kappa shape index (κ2) is 7.07. The molecule has 1 rings (SSSR count). The number of rotatable bonds is 6. The Kier molecular flexibility index (Phi) is 6.19. The summed E-state index contributed by atoms with van der Waals surface area (Å²) < 4.78 is 28.4. The van der Waals surface area contributed by atoms with Gasteiger partial charge in [0, 0.05) is 19.6 Å². The van der Waals surface area contributed by atoms with Gasteiger partial charge in [0.25, 0.3) is 10.2 Å². The fourth-order valence-corrected chi connectivity index (χ4v) is 4.06. The number of carbonyl (C=O) groups is 1. The van der Waals surface area contributed by atoms with Crippen LogP contribution in [0.1, 0.15) is 47.0 Å². The summed E-state index contributed by atoms with van der Waals surface area (Å²) in [4.78, 5) is 11.3. The van der Waals surface area contributed by atoms with Crippen LogP contribution in [-0.4, -0.2) is 43.4 Å². The Labute approximate surface area is 128 Å². The van der Waals surface area contributed by atoms with E-state index in [0.29, 0.717) is 25.4 Å². The number of piperidine rings is 1. The van der Waals surface area contributed by atoms with Crippen molar-refractivity contribution in [3.63, 3.8) is 0 Å². The van der Waals surface area contributed by atoms with Crippen LogP contribution >= 0.6 is 0 Å². The van der Waals surface area contributed by atoms with E-state index in [1.165, 1.54) is 4.31 Å². The molecule has 1 aliphatic heterocycles. The predicted molar refractivity (Wildman–Crippen MR) is 82.1 cm³/mol. The summed E-state index contributed by atoms with van der Waals surface area (Å²) >= 11 is 0. The van der Waals surface area contributed by atoms with Crippen LogP contribution in [0.5, 0.6) is 0 Å². The molecule has 2 N–H and O–H groups in total. The third kappa shape index (κ3) is 6.32. The highest BCUT2D eigenvalue weighted by Crippen LogP contribution is 2.24. The van der Waals surface area contributed by atoms with E-state index in [-0.39, 0.29) is 12.0 Å². The lowest BCUT2D eigenvalue weighted by Crippen LogP contribution is -2.47. The Hall–Kier alpha value is -0.660. The molecule has 124 valence electrons. The average Bonchev–Trinajstić information content (AvgIpc) is 2.33. The highest BCUT2D eigenvalue weighted by atomic mass is 32.2. The quantitative estimate of drug-likeness (QED) is 0.779. The van der Waals surface area contributed by atoms with Gasteiger partial charge in [-0.25, -0.2) is 4.72 Å². The van der Waals surface area contributed by atoms with Crippen LogP contribution in [-0.2, 0) is 15.0 Å². The molecular weight excluding hydrogens is 292 g/mol. The number of aliphatic carboxylic acids is 1. The molecule has 0 bridgehead atoms. The maximum absolute atomic E-state index is 12.2. The maximum Gasteiger partial charge on any atom is 0.307 e. The van der Waals surface area contributed by atoms with Crippen LogP contribution < -0.4 is 4.72 Å². The molecule has 0 saturated carbocycles. The number of carboxylic acid groups (broad SMARTS) is 1. The molecule has 0 aromatic carbocycles. The summed E-state index contributed by atoms with van der Waals surface area (Å²) in [6.45, 7) is 8.83. The third-order valence-corrected chi connectivity index (χ3v) is 5.22. The molecule has 1 aliphatic rings. The van der Waals surface area contributed by atoms with Gasteiger partial charge in [0.05, 0.1) is 5.92 Å². The molecule has 0 amide bonds. The lowest BCUT2D eigenvalue weighted by atomic mass is 9.85. The van der Waals surface area contributed by atoms with Crippen molar-refractivity contribution in [2.45, 2.75) is 47.0 Å². The zero-order valence-corrected chi connectivity index (χ0v) is 14.2. The van der Waals surface area contributed by atoms with Crippen molar-refractivity contribution in [1.82, 2.24) is 9.03 Å². The van der Waals surface area contributed by atoms with Gasteiger partial charge in [-0.15, -0.1) is 0 Å². The zero-order valence-electron chi connectivity index (χ0n) is 13.4. The van der Waals surface area contributed by atoms with E-state index in [2.05, 4.69) is 4.72 Å². The lowest BCUT2D eigenvalue weighted by molar-refractivity contribution is -0.142. The van der Waals surface area contributed by atoms with Gasteiger partial charge in [0.15, 0.2) is 0 Å². The van der Waals surface area contributed by atoms with Crippen molar-refractivity contribution < 1.29 is 18.3 Å². The van der Waals surface area contributed by atoms with Gasteiger partial charge < -0.3 is 5.11 Å². The van der Waals surface area contributed by atoms with Gasteiger partial charge in [0.1, 0.15) is 0 Å². The normalized spacial score (nSPS) is 23.0. The minimum Gasteiger partial charge on any atom is -0.481 e. The highest BCUT2D eigenvalue weighted by Gasteiger charge is 2.30. The first-order valence-electron chi connectivity index (χ1n) is 7.49. The fraction of sp³-hybridized carbons (Fsp3) is 0.929. The third-order valence-electron chi connectivity index (χ3n) is 3.68. The Morgan fingerprint density at radius 3 is 2.52 bits per heavy atom. The van der Waals surface area contributed by atoms with Crippen molar-refractivity contribution in [3.05, 3.63) is 0 Å². The fourth-order valence-electron chi connectivity index (χ4n) is 2.65. The molecule has 0 radical (unpaired) electrons. The molecule has 0 spiro atoms. The summed E-state index contributed by atoms with van der Waals surface area (Å²) in [6, 6.07) is 0. The Morgan fingerprint density at radius 2 is 2.05 bits per heavy atom. The van der Waals surface area contributed by atoms with Gasteiger partial charge in [-0.3, -0.25) is 4.79 Å². The molecule has 6 nitrogen and oxygen atoms in total. The molecule has 2 atom stereocenters. The Bertz CT molecular complexity index is 456. The maximum atomic E-state index is 12.2. The molecule has 7 heteroatoms. The van der Waals surface area contributed by atoms with E-state index < -0.39 is 22.1 Å². The van der Waals surface area contributed by atoms with Crippen LogP contribution in [0.25, 0.3) is 0 Å². The van der Waals surface area contributed by atoms with Crippen molar-refractivity contribution in [2.75, 3.05) is 19.6 Å². The summed E-state index contributed by atoms with van der Waals surface area (Å²) in [7, 11) is -3.58. The van der Waals surface area contributed by atoms with Crippen LogP contribution in [0, 0.1) is 17.3 Å². The molecule has 0 aliphatic carbocycles. The van der Waals surface area contributed by atoms with E-state index in [0.717, 1.165) is 12.8 Å². The Balaban J connectivity index is 2.63. The lowest BCUT2D eigenvalue weighted by Gasteiger charge is -2.30. The standard InChI is InChI=1S/C14H28N2O4S/c1-11-6-5-7-16(10-11)21(19,20)15-9-12(13(17)18)8-14(2,3)4/h11-12,15H,5-10H2,1-4H3,(H,17,18). The number of nitrogens with zero attached hydrogens (tertiary/aromatic N) is 1. The molecule has 1 fully saturated rings. The van der Waals surface area contributed by atoms with Gasteiger partial charge >= 0.3 is 5.97 Å². The zero-order chi connectivity index (χ0) is 16.3. The molecular formula is C14H28N2O4S. The van der Waals surface area contributed by atoms with Crippen molar-refractivity contribution in [2.24, 2.45) is 17.3 Å². The van der Waals surface area contributed by atoms with Crippen molar-refractivity contribution >= 4 is 16.2 Å². The molecule has 1 saturated heterocycles. The molecule has 0 aromatic heterocycles. The van der Waals surface area contributed by atoms with Crippen LogP contribution in [0.3, 0.4) is 0 Å². The minimum atomic E-state index is -3.58. The second-order valence-corrected chi connectivity index (χ2v) is 9.01. The smallest absolute Gasteiger partial charge is 0.307 e. The molecule has 2 unspecified atom stereocenters. The van der Waals surface area contributed by atoms with Crippen LogP contribution in [0.2, 0.25) is 0 Å². The number of nitrogens with one attached hydrogen (secondary N) is 1. The minimum absolute atomic E-state index is 0.0557. The predicted octanol–water partition coefficient (Wildman–Crippen LogP) is 1.69. The topological polar surface area (TPSA) is 86.7 Å². The molecule has 1 heterocycles. The first-order valence-corrected chi connectivity index (χ1v) is 8.93. The average molecular weight is 320 g/mol. The number of carboxylic acids is 1. The highest BCUT2D eigenvalue weighted by molar-refractivity contribution is 7.87. The van der Waals surface area contributed by atoms with E-state index in [1.54, 1.807) is 0 Å². The largest absolute Gasteiger partial charge is 0.481 e. The first-order chi connectivity index (χ1) is 9.51. The molecule has 21 heavy (non-hydrogen) atoms. The van der Waals surface area contributed by atoms with Gasteiger partial charge in [-0.2, -0.15) is 12.7 Å². The monoisotopic (exact) mass is 320 g/mol.